The van der Waals surface area contributed by atoms with Gasteiger partial charge in [-0.1, -0.05) is 0 Å². The third kappa shape index (κ3) is 3.86. The zero-order chi connectivity index (χ0) is 14.0. The zero-order valence-corrected chi connectivity index (χ0v) is 12.6. The number of nitrogens with zero attached hydrogens (tertiary/aromatic N) is 1. The molecule has 5 heteroatoms. The smallest absolute Gasteiger partial charge is 0.407 e. The SMILES string of the molecule is Cc1ccc2c(n1)C(CNC(=O)OC(C)(C)C)CS2. The number of hydrogen-bond donors (Lipinski definition) is 1. The lowest BCUT2D eigenvalue weighted by Gasteiger charge is -2.20. The summed E-state index contributed by atoms with van der Waals surface area (Å²) in [5, 5.41) is 2.83. The fourth-order valence-corrected chi connectivity index (χ4v) is 3.11. The molecule has 0 saturated heterocycles. The molecule has 0 fully saturated rings. The number of alkyl carbamates (subject to hydrolysis) is 1. The van der Waals surface area contributed by atoms with E-state index in [2.05, 4.69) is 16.4 Å². The second kappa shape index (κ2) is 5.41. The summed E-state index contributed by atoms with van der Waals surface area (Å²) >= 11 is 1.79. The molecule has 0 radical (unpaired) electrons. The minimum absolute atomic E-state index is 0.271. The molecule has 2 heterocycles. The van der Waals surface area contributed by atoms with Crippen molar-refractivity contribution in [3.8, 4) is 0 Å². The summed E-state index contributed by atoms with van der Waals surface area (Å²) < 4.78 is 5.23. The van der Waals surface area contributed by atoms with Crippen LogP contribution in [-0.2, 0) is 4.74 Å². The average Bonchev–Trinajstić information content (AvgIpc) is 2.66. The minimum atomic E-state index is -0.457. The lowest BCUT2D eigenvalue weighted by atomic mass is 10.1. The van der Waals surface area contributed by atoms with Gasteiger partial charge in [-0.2, -0.15) is 0 Å². The van der Waals surface area contributed by atoms with Crippen LogP contribution >= 0.6 is 11.8 Å². The first kappa shape index (κ1) is 14.2. The molecule has 0 bridgehead atoms. The first-order valence-corrected chi connectivity index (χ1v) is 7.41. The molecule has 1 N–H and O–H groups in total. The molecule has 19 heavy (non-hydrogen) atoms. The Morgan fingerprint density at radius 2 is 2.26 bits per heavy atom. The molecular formula is C14H20N2O2S. The molecule has 0 aromatic carbocycles. The van der Waals surface area contributed by atoms with Crippen molar-refractivity contribution in [3.63, 3.8) is 0 Å². The number of nitrogens with one attached hydrogen (secondary N) is 1. The van der Waals surface area contributed by atoms with Gasteiger partial charge in [0, 0.05) is 28.8 Å². The van der Waals surface area contributed by atoms with Crippen LogP contribution in [-0.4, -0.2) is 29.0 Å². The average molecular weight is 280 g/mol. The molecule has 0 aliphatic carbocycles. The topological polar surface area (TPSA) is 51.2 Å². The van der Waals surface area contributed by atoms with Gasteiger partial charge in [-0.3, -0.25) is 4.98 Å². The van der Waals surface area contributed by atoms with Crippen LogP contribution in [0.25, 0.3) is 0 Å². The predicted octanol–water partition coefficient (Wildman–Crippen LogP) is 3.10. The third-order valence-corrected chi connectivity index (χ3v) is 3.97. The van der Waals surface area contributed by atoms with E-state index in [-0.39, 0.29) is 12.0 Å². The molecule has 1 aliphatic rings. The van der Waals surface area contributed by atoms with Crippen molar-refractivity contribution in [1.82, 2.24) is 10.3 Å². The van der Waals surface area contributed by atoms with Crippen molar-refractivity contribution >= 4 is 17.9 Å². The second-order valence-corrected chi connectivity index (χ2v) is 6.79. The Kier molecular flexibility index (Phi) is 4.04. The Morgan fingerprint density at radius 1 is 1.53 bits per heavy atom. The van der Waals surface area contributed by atoms with E-state index in [0.717, 1.165) is 17.1 Å². The highest BCUT2D eigenvalue weighted by atomic mass is 32.2. The number of thioether (sulfide) groups is 1. The number of fused-ring (bicyclic) bond motifs is 1. The maximum atomic E-state index is 11.6. The van der Waals surface area contributed by atoms with E-state index in [0.29, 0.717) is 6.54 Å². The Hall–Kier alpha value is -1.23. The van der Waals surface area contributed by atoms with E-state index < -0.39 is 5.60 Å². The molecule has 2 rings (SSSR count). The van der Waals surface area contributed by atoms with Crippen LogP contribution in [0.2, 0.25) is 0 Å². The first-order chi connectivity index (χ1) is 8.85. The van der Waals surface area contributed by atoms with E-state index in [1.807, 2.05) is 33.8 Å². The lowest BCUT2D eigenvalue weighted by molar-refractivity contribution is 0.0525. The Labute approximate surface area is 118 Å². The van der Waals surface area contributed by atoms with Gasteiger partial charge in [0.1, 0.15) is 5.60 Å². The summed E-state index contributed by atoms with van der Waals surface area (Å²) in [6, 6.07) is 4.13. The van der Waals surface area contributed by atoms with Gasteiger partial charge in [0.25, 0.3) is 0 Å². The van der Waals surface area contributed by atoms with Gasteiger partial charge in [0.2, 0.25) is 0 Å². The summed E-state index contributed by atoms with van der Waals surface area (Å²) in [6.45, 7) is 8.14. The van der Waals surface area contributed by atoms with Gasteiger partial charge < -0.3 is 10.1 Å². The fraction of sp³-hybridized carbons (Fsp3) is 0.571. The predicted molar refractivity (Wildman–Crippen MR) is 76.7 cm³/mol. The first-order valence-electron chi connectivity index (χ1n) is 6.42. The molecule has 1 aromatic rings. The van der Waals surface area contributed by atoms with E-state index >= 15 is 0 Å². The molecular weight excluding hydrogens is 260 g/mol. The van der Waals surface area contributed by atoms with Gasteiger partial charge in [0.05, 0.1) is 5.69 Å². The van der Waals surface area contributed by atoms with Gasteiger partial charge in [-0.05, 0) is 39.8 Å². The number of hydrogen-bond acceptors (Lipinski definition) is 4. The van der Waals surface area contributed by atoms with E-state index in [9.17, 15) is 4.79 Å². The van der Waals surface area contributed by atoms with E-state index in [1.54, 1.807) is 11.8 Å². The van der Waals surface area contributed by atoms with Crippen molar-refractivity contribution < 1.29 is 9.53 Å². The number of aryl methyl sites for hydroxylation is 1. The van der Waals surface area contributed by atoms with Crippen LogP contribution in [0.3, 0.4) is 0 Å². The molecule has 4 nitrogen and oxygen atoms in total. The number of amides is 1. The van der Waals surface area contributed by atoms with Gasteiger partial charge in [0.15, 0.2) is 0 Å². The highest BCUT2D eigenvalue weighted by molar-refractivity contribution is 7.99. The highest BCUT2D eigenvalue weighted by Crippen LogP contribution is 2.37. The summed E-state index contributed by atoms with van der Waals surface area (Å²) in [7, 11) is 0. The fourth-order valence-electron chi connectivity index (χ4n) is 1.92. The van der Waals surface area contributed by atoms with Crippen LogP contribution in [0.1, 0.15) is 38.1 Å². The summed E-state index contributed by atoms with van der Waals surface area (Å²) in [4.78, 5) is 17.4. The van der Waals surface area contributed by atoms with E-state index in [1.165, 1.54) is 4.90 Å². The van der Waals surface area contributed by atoms with Gasteiger partial charge in [-0.15, -0.1) is 11.8 Å². The van der Waals surface area contributed by atoms with Crippen LogP contribution < -0.4 is 5.32 Å². The number of rotatable bonds is 2. The zero-order valence-electron chi connectivity index (χ0n) is 11.8. The molecule has 1 aliphatic heterocycles. The molecule has 1 aromatic heterocycles. The quantitative estimate of drug-likeness (QED) is 0.904. The molecule has 1 unspecified atom stereocenters. The molecule has 0 spiro atoms. The van der Waals surface area contributed by atoms with Crippen molar-refractivity contribution in [3.05, 3.63) is 23.5 Å². The lowest BCUT2D eigenvalue weighted by Crippen LogP contribution is -2.35. The van der Waals surface area contributed by atoms with Crippen molar-refractivity contribution in [1.29, 1.82) is 0 Å². The van der Waals surface area contributed by atoms with Crippen molar-refractivity contribution in [2.45, 2.75) is 44.1 Å². The van der Waals surface area contributed by atoms with Crippen LogP contribution in [0.5, 0.6) is 0 Å². The van der Waals surface area contributed by atoms with Crippen LogP contribution in [0.15, 0.2) is 17.0 Å². The maximum Gasteiger partial charge on any atom is 0.407 e. The molecule has 1 amide bonds. The van der Waals surface area contributed by atoms with Gasteiger partial charge >= 0.3 is 6.09 Å². The summed E-state index contributed by atoms with van der Waals surface area (Å²) in [5.41, 5.74) is 1.66. The summed E-state index contributed by atoms with van der Waals surface area (Å²) in [5.74, 6) is 1.23. The Morgan fingerprint density at radius 3 is 2.95 bits per heavy atom. The van der Waals surface area contributed by atoms with Crippen molar-refractivity contribution in [2.24, 2.45) is 0 Å². The second-order valence-electron chi connectivity index (χ2n) is 5.73. The van der Waals surface area contributed by atoms with Crippen LogP contribution in [0.4, 0.5) is 4.79 Å². The highest BCUT2D eigenvalue weighted by Gasteiger charge is 2.26. The number of carbonyl (C=O) groups is 1. The Balaban J connectivity index is 1.93. The minimum Gasteiger partial charge on any atom is -0.444 e. The largest absolute Gasteiger partial charge is 0.444 e. The van der Waals surface area contributed by atoms with E-state index in [4.69, 9.17) is 4.74 Å². The number of carbonyl (C=O) groups excluding carboxylic acids is 1. The monoisotopic (exact) mass is 280 g/mol. The van der Waals surface area contributed by atoms with Crippen LogP contribution in [0, 0.1) is 6.92 Å². The summed E-state index contributed by atoms with van der Waals surface area (Å²) in [6.07, 6.45) is -0.362. The van der Waals surface area contributed by atoms with Gasteiger partial charge in [-0.25, -0.2) is 4.79 Å². The number of pyridine rings is 1. The van der Waals surface area contributed by atoms with Crippen molar-refractivity contribution in [2.75, 3.05) is 12.3 Å². The number of ether oxygens (including phenoxy) is 1. The number of aromatic nitrogens is 1. The molecule has 104 valence electrons. The molecule has 0 saturated carbocycles. The maximum absolute atomic E-state index is 11.6. The normalized spacial score (nSPS) is 18.0. The molecule has 1 atom stereocenters. The Bertz CT molecular complexity index is 483. The third-order valence-electron chi connectivity index (χ3n) is 2.74. The standard InChI is InChI=1S/C14H20N2O2S/c1-9-5-6-11-12(16-9)10(8-19-11)7-15-13(17)18-14(2,3)4/h5-6,10H,7-8H2,1-4H3,(H,15,17).